The monoisotopic (exact) mass is 751 g/mol. The minimum Gasteiger partial charge on any atom is -0.507 e. The number of piperidine rings is 3. The van der Waals surface area contributed by atoms with Crippen molar-refractivity contribution in [3.8, 4) is 5.75 Å². The van der Waals surface area contributed by atoms with Crippen molar-refractivity contribution in [3.05, 3.63) is 76.7 Å². The molecular formula is C41H53N9O5. The topological polar surface area (TPSA) is 181 Å². The van der Waals surface area contributed by atoms with Crippen LogP contribution in [-0.2, 0) is 9.59 Å². The predicted octanol–water partition coefficient (Wildman–Crippen LogP) is 1.83. The van der Waals surface area contributed by atoms with Crippen molar-refractivity contribution in [2.24, 2.45) is 23.3 Å². The van der Waals surface area contributed by atoms with Gasteiger partial charge < -0.3 is 36.6 Å². The van der Waals surface area contributed by atoms with Gasteiger partial charge in [-0.25, -0.2) is 0 Å². The molecule has 6 aliphatic rings. The number of carbonyl (C=O) groups excluding carboxylic acids is 4. The number of piperazine rings is 1. The Morgan fingerprint density at radius 3 is 2.42 bits per heavy atom. The highest BCUT2D eigenvalue weighted by atomic mass is 16.3. The van der Waals surface area contributed by atoms with Crippen LogP contribution in [0.1, 0.15) is 71.7 Å². The molecule has 6 heterocycles. The highest BCUT2D eigenvalue weighted by Gasteiger charge is 2.45. The molecule has 4 fully saturated rings. The molecule has 292 valence electrons. The number of hydrogen-bond donors (Lipinski definition) is 5. The number of imide groups is 2. The number of nitrogens with two attached hydrogens (primary N) is 2. The number of allylic oxidation sites excluding steroid dienone is 1. The smallest absolute Gasteiger partial charge is 0.262 e. The molecule has 6 aliphatic heterocycles. The van der Waals surface area contributed by atoms with Gasteiger partial charge in [-0.3, -0.25) is 34.3 Å². The third-order valence-electron chi connectivity index (χ3n) is 12.9. The number of aromatic hydroxyl groups is 1. The number of carbonyl (C=O) groups is 4. The molecule has 14 heteroatoms. The van der Waals surface area contributed by atoms with E-state index in [-0.39, 0.29) is 30.5 Å². The summed E-state index contributed by atoms with van der Waals surface area (Å²) in [6, 6.07) is 12.3. The molecule has 3 unspecified atom stereocenters. The van der Waals surface area contributed by atoms with Crippen molar-refractivity contribution in [3.63, 3.8) is 0 Å². The van der Waals surface area contributed by atoms with E-state index in [1.807, 2.05) is 24.3 Å². The molecule has 14 nitrogen and oxygen atoms in total. The van der Waals surface area contributed by atoms with Crippen LogP contribution in [0, 0.1) is 11.8 Å². The fourth-order valence-corrected chi connectivity index (χ4v) is 9.63. The second-order valence-electron chi connectivity index (χ2n) is 16.1. The molecule has 4 amide bonds. The molecule has 0 radical (unpaired) electrons. The summed E-state index contributed by atoms with van der Waals surface area (Å²) < 4.78 is 0. The number of rotatable bonds is 8. The number of likely N-dealkylation sites (tertiary alicyclic amines) is 1. The molecule has 8 rings (SSSR count). The summed E-state index contributed by atoms with van der Waals surface area (Å²) in [6.45, 7) is 11.1. The predicted molar refractivity (Wildman–Crippen MR) is 208 cm³/mol. The van der Waals surface area contributed by atoms with Gasteiger partial charge >= 0.3 is 0 Å². The van der Waals surface area contributed by atoms with Crippen LogP contribution in [0.25, 0.3) is 5.70 Å². The highest BCUT2D eigenvalue weighted by Crippen LogP contribution is 2.34. The number of nitrogens with zero attached hydrogens (tertiary/aromatic N) is 5. The van der Waals surface area contributed by atoms with Crippen LogP contribution in [0.15, 0.2) is 60.1 Å². The van der Waals surface area contributed by atoms with Gasteiger partial charge in [0.05, 0.1) is 22.9 Å². The Kier molecular flexibility index (Phi) is 10.2. The molecule has 55 heavy (non-hydrogen) atoms. The van der Waals surface area contributed by atoms with Crippen LogP contribution < -0.4 is 27.0 Å². The third kappa shape index (κ3) is 7.25. The lowest BCUT2D eigenvalue weighted by atomic mass is 9.87. The molecule has 0 spiro atoms. The van der Waals surface area contributed by atoms with E-state index in [2.05, 4.69) is 37.2 Å². The number of fused-ring (bicyclic) bond motifs is 2. The first-order valence-electron chi connectivity index (χ1n) is 19.9. The maximum atomic E-state index is 13.3. The maximum absolute atomic E-state index is 13.3. The van der Waals surface area contributed by atoms with Crippen LogP contribution in [0.4, 0.5) is 5.69 Å². The number of para-hydroxylation sites is 1. The Labute approximate surface area is 322 Å². The van der Waals surface area contributed by atoms with Gasteiger partial charge in [0, 0.05) is 75.2 Å². The van der Waals surface area contributed by atoms with Crippen molar-refractivity contribution in [2.75, 3.05) is 63.8 Å². The zero-order chi connectivity index (χ0) is 38.4. The zero-order valence-electron chi connectivity index (χ0n) is 31.6. The minimum absolute atomic E-state index is 0.104. The first-order valence-corrected chi connectivity index (χ1v) is 19.9. The van der Waals surface area contributed by atoms with Crippen LogP contribution in [0.5, 0.6) is 5.75 Å². The number of phenolic OH excluding ortho intramolecular Hbond substituents is 1. The molecule has 2 aromatic carbocycles. The van der Waals surface area contributed by atoms with E-state index in [1.54, 1.807) is 24.3 Å². The van der Waals surface area contributed by atoms with E-state index >= 15 is 0 Å². The van der Waals surface area contributed by atoms with E-state index < -0.39 is 23.8 Å². The number of hydrogen-bond acceptors (Lipinski definition) is 12. The Hall–Kier alpha value is -5.08. The zero-order valence-corrected chi connectivity index (χ0v) is 31.6. The lowest BCUT2D eigenvalue weighted by molar-refractivity contribution is -0.136. The van der Waals surface area contributed by atoms with Gasteiger partial charge in [-0.1, -0.05) is 12.1 Å². The molecule has 0 aliphatic carbocycles. The lowest BCUT2D eigenvalue weighted by Crippen LogP contribution is -2.61. The summed E-state index contributed by atoms with van der Waals surface area (Å²) in [5.74, 6) is 0.124. The number of benzene rings is 2. The largest absolute Gasteiger partial charge is 0.507 e. The summed E-state index contributed by atoms with van der Waals surface area (Å²) in [5, 5.41) is 16.0. The van der Waals surface area contributed by atoms with Crippen molar-refractivity contribution in [1.82, 2.24) is 30.2 Å². The van der Waals surface area contributed by atoms with Crippen LogP contribution >= 0.6 is 0 Å². The normalized spacial score (nSPS) is 25.5. The molecule has 0 aromatic heterocycles. The first-order chi connectivity index (χ1) is 26.5. The van der Waals surface area contributed by atoms with Crippen molar-refractivity contribution in [1.29, 1.82) is 0 Å². The average molecular weight is 752 g/mol. The molecule has 0 bridgehead atoms. The summed E-state index contributed by atoms with van der Waals surface area (Å²) in [5.41, 5.74) is 16.4. The van der Waals surface area contributed by atoms with E-state index in [4.69, 9.17) is 11.5 Å². The quantitative estimate of drug-likeness (QED) is 0.248. The third-order valence-corrected chi connectivity index (χ3v) is 12.9. The van der Waals surface area contributed by atoms with Gasteiger partial charge in [0.15, 0.2) is 0 Å². The summed E-state index contributed by atoms with van der Waals surface area (Å²) in [6.07, 6.45) is 6.66. The SMILES string of the molecule is CC(C1CCN(CC2CCN(c3ccc4c(c3)C(=O)N(C3CCC(=O)NC3=O)C4=O)CC2)CC1)N1CCN2C(/C=C(\N)c3ccccc3O)=C(N)NCC2C1. The molecular weight excluding hydrogens is 699 g/mol. The second-order valence-corrected chi connectivity index (χ2v) is 16.1. The number of nitrogens with one attached hydrogen (secondary N) is 2. The van der Waals surface area contributed by atoms with E-state index in [9.17, 15) is 24.3 Å². The molecule has 2 aromatic rings. The second kappa shape index (κ2) is 15.2. The van der Waals surface area contributed by atoms with Crippen molar-refractivity contribution < 1.29 is 24.3 Å². The van der Waals surface area contributed by atoms with Crippen molar-refractivity contribution >= 4 is 35.0 Å². The fraction of sp³-hybridized carbons (Fsp3) is 0.512. The summed E-state index contributed by atoms with van der Waals surface area (Å²) in [7, 11) is 0. The summed E-state index contributed by atoms with van der Waals surface area (Å²) in [4.78, 5) is 61.6. The van der Waals surface area contributed by atoms with Gasteiger partial charge in [-0.2, -0.15) is 0 Å². The van der Waals surface area contributed by atoms with Crippen molar-refractivity contribution in [2.45, 2.75) is 63.6 Å². The Balaban J connectivity index is 0.798. The lowest BCUT2D eigenvalue weighted by Gasteiger charge is -2.49. The van der Waals surface area contributed by atoms with Gasteiger partial charge in [0.25, 0.3) is 11.8 Å². The number of anilines is 1. The van der Waals surface area contributed by atoms with Gasteiger partial charge in [0.2, 0.25) is 11.8 Å². The Morgan fingerprint density at radius 1 is 0.927 bits per heavy atom. The maximum Gasteiger partial charge on any atom is 0.262 e. The number of amides is 4. The Bertz CT molecular complexity index is 1910. The van der Waals surface area contributed by atoms with Gasteiger partial charge in [0.1, 0.15) is 17.6 Å². The van der Waals surface area contributed by atoms with E-state index in [0.29, 0.717) is 46.1 Å². The standard InChI is InChI=1S/C41H53N9O5/c1-25(48-18-19-49-29(24-48)22-44-38(43)35(49)21-33(42)31-4-2-3-5-36(31)51)27-12-14-46(15-13-27)23-26-10-16-47(17-11-26)28-6-7-30-32(20-28)41(55)50(40(30)54)34-8-9-37(52)45-39(34)53/h2-7,20-21,25-27,29,34,44,51H,8-19,22-24,42-43H2,1H3,(H,45,52,53)/b33-21-. The molecule has 4 saturated heterocycles. The van der Waals surface area contributed by atoms with Crippen LogP contribution in [0.2, 0.25) is 0 Å². The van der Waals surface area contributed by atoms with E-state index in [1.165, 1.54) is 12.8 Å². The Morgan fingerprint density at radius 2 is 1.67 bits per heavy atom. The van der Waals surface area contributed by atoms with Crippen LogP contribution in [-0.4, -0.2) is 125 Å². The van der Waals surface area contributed by atoms with Crippen LogP contribution in [0.3, 0.4) is 0 Å². The molecule has 7 N–H and O–H groups in total. The molecule has 3 atom stereocenters. The fourth-order valence-electron chi connectivity index (χ4n) is 9.63. The van der Waals surface area contributed by atoms with E-state index in [0.717, 1.165) is 88.0 Å². The average Bonchev–Trinajstić information content (AvgIpc) is 3.44. The summed E-state index contributed by atoms with van der Waals surface area (Å²) >= 11 is 0. The van der Waals surface area contributed by atoms with Gasteiger partial charge in [-0.05, 0) is 100 Å². The van der Waals surface area contributed by atoms with Gasteiger partial charge in [-0.15, -0.1) is 0 Å². The minimum atomic E-state index is -0.957. The molecule has 0 saturated carbocycles. The first kappa shape index (κ1) is 36.9. The number of phenols is 1. The highest BCUT2D eigenvalue weighted by molar-refractivity contribution is 6.23.